The topological polar surface area (TPSA) is 92.8 Å². The lowest BCUT2D eigenvalue weighted by Crippen LogP contribution is -2.30. The second-order valence-corrected chi connectivity index (χ2v) is 6.43. The lowest BCUT2D eigenvalue weighted by Gasteiger charge is -2.23. The second-order valence-electron chi connectivity index (χ2n) is 6.43. The first-order valence-corrected chi connectivity index (χ1v) is 8.58. The summed E-state index contributed by atoms with van der Waals surface area (Å²) in [7, 11) is 0. The van der Waals surface area contributed by atoms with Gasteiger partial charge in [-0.2, -0.15) is 0 Å². The van der Waals surface area contributed by atoms with Crippen LogP contribution in [0.4, 0.5) is 21.5 Å². The van der Waals surface area contributed by atoms with Gasteiger partial charge in [0, 0.05) is 38.8 Å². The van der Waals surface area contributed by atoms with Crippen molar-refractivity contribution in [3.05, 3.63) is 74.1 Å². The van der Waals surface area contributed by atoms with Gasteiger partial charge in [-0.05, 0) is 30.2 Å². The molecule has 1 fully saturated rings. The van der Waals surface area contributed by atoms with E-state index < -0.39 is 9.85 Å². The number of nitrogens with zero attached hydrogens (tertiary/aromatic N) is 4. The van der Waals surface area contributed by atoms with Crippen LogP contribution >= 0.6 is 0 Å². The number of nitro benzene ring substituents is 2. The Morgan fingerprint density at radius 3 is 2.33 bits per heavy atom. The van der Waals surface area contributed by atoms with Crippen LogP contribution in [0.3, 0.4) is 0 Å². The van der Waals surface area contributed by atoms with Crippen molar-refractivity contribution in [2.45, 2.75) is 13.0 Å². The molecule has 0 spiro atoms. The summed E-state index contributed by atoms with van der Waals surface area (Å²) in [5.74, 6) is -0.272. The van der Waals surface area contributed by atoms with Crippen LogP contribution in [0.15, 0.2) is 42.5 Å². The molecule has 9 heteroatoms. The molecule has 0 aliphatic carbocycles. The summed E-state index contributed by atoms with van der Waals surface area (Å²) in [4.78, 5) is 25.2. The summed E-state index contributed by atoms with van der Waals surface area (Å²) in [6.45, 7) is 3.37. The maximum absolute atomic E-state index is 13.0. The molecule has 8 nitrogen and oxygen atoms in total. The number of benzene rings is 2. The third kappa shape index (κ3) is 4.56. The monoisotopic (exact) mass is 374 g/mol. The van der Waals surface area contributed by atoms with E-state index in [-0.39, 0.29) is 17.2 Å². The molecule has 0 unspecified atom stereocenters. The number of non-ortho nitro benzene ring substituents is 1. The van der Waals surface area contributed by atoms with Crippen LogP contribution in [-0.4, -0.2) is 40.9 Å². The van der Waals surface area contributed by atoms with Gasteiger partial charge in [-0.15, -0.1) is 0 Å². The zero-order valence-electron chi connectivity index (χ0n) is 14.6. The van der Waals surface area contributed by atoms with E-state index in [0.29, 0.717) is 31.9 Å². The van der Waals surface area contributed by atoms with E-state index in [1.165, 1.54) is 24.3 Å². The average molecular weight is 374 g/mol. The molecule has 0 aromatic heterocycles. The zero-order chi connectivity index (χ0) is 19.4. The molecule has 0 radical (unpaired) electrons. The van der Waals surface area contributed by atoms with Crippen LogP contribution in [0, 0.1) is 26.0 Å². The molecule has 0 amide bonds. The Labute approximate surface area is 155 Å². The predicted molar refractivity (Wildman–Crippen MR) is 98.3 cm³/mol. The van der Waals surface area contributed by atoms with Crippen LogP contribution < -0.4 is 4.90 Å². The molecule has 0 saturated carbocycles. The molecule has 1 heterocycles. The largest absolute Gasteiger partial charge is 0.365 e. The summed E-state index contributed by atoms with van der Waals surface area (Å²) in [6, 6.07) is 10.1. The molecule has 2 aromatic rings. The molecule has 27 heavy (non-hydrogen) atoms. The third-order valence-electron chi connectivity index (χ3n) is 4.62. The first-order valence-electron chi connectivity index (χ1n) is 8.58. The highest BCUT2D eigenvalue weighted by Gasteiger charge is 2.25. The number of hydrogen-bond donors (Lipinski definition) is 0. The Hall–Kier alpha value is -3.07. The van der Waals surface area contributed by atoms with Gasteiger partial charge in [-0.1, -0.05) is 12.1 Å². The van der Waals surface area contributed by atoms with Crippen LogP contribution in [0.1, 0.15) is 12.0 Å². The lowest BCUT2D eigenvalue weighted by molar-refractivity contribution is -0.393. The summed E-state index contributed by atoms with van der Waals surface area (Å²) >= 11 is 0. The standard InChI is InChI=1S/C18H19FN4O4/c19-15-4-2-14(3-5-15)13-20-8-1-9-21(11-10-20)17-7-6-16(22(24)25)12-18(17)23(26)27/h2-7,12H,1,8-11,13H2. The summed E-state index contributed by atoms with van der Waals surface area (Å²) in [6.07, 6.45) is 0.801. The van der Waals surface area contributed by atoms with Gasteiger partial charge >= 0.3 is 0 Å². The van der Waals surface area contributed by atoms with Crippen molar-refractivity contribution in [2.24, 2.45) is 0 Å². The fraction of sp³-hybridized carbons (Fsp3) is 0.333. The number of nitro groups is 2. The Balaban J connectivity index is 1.73. The molecular formula is C18H19FN4O4. The highest BCUT2D eigenvalue weighted by Crippen LogP contribution is 2.32. The molecule has 1 aliphatic rings. The second kappa shape index (κ2) is 8.09. The Bertz CT molecular complexity index is 844. The van der Waals surface area contributed by atoms with Gasteiger partial charge < -0.3 is 4.90 Å². The Morgan fingerprint density at radius 1 is 0.926 bits per heavy atom. The first kappa shape index (κ1) is 18.7. The number of rotatable bonds is 5. The maximum atomic E-state index is 13.0. The fourth-order valence-electron chi connectivity index (χ4n) is 3.26. The minimum atomic E-state index is -0.635. The van der Waals surface area contributed by atoms with Gasteiger partial charge in [0.2, 0.25) is 0 Å². The van der Waals surface area contributed by atoms with Gasteiger partial charge in [-0.25, -0.2) is 4.39 Å². The smallest absolute Gasteiger partial charge is 0.299 e. The SMILES string of the molecule is O=[N+]([O-])c1ccc(N2CCCN(Cc3ccc(F)cc3)CC2)c([N+](=O)[O-])c1. The van der Waals surface area contributed by atoms with Crippen LogP contribution in [0.2, 0.25) is 0 Å². The molecule has 2 aromatic carbocycles. The predicted octanol–water partition coefficient (Wildman–Crippen LogP) is 3.35. The van der Waals surface area contributed by atoms with E-state index in [1.807, 2.05) is 4.90 Å². The summed E-state index contributed by atoms with van der Waals surface area (Å²) in [5, 5.41) is 22.3. The number of anilines is 1. The van der Waals surface area contributed by atoms with Crippen molar-refractivity contribution < 1.29 is 14.2 Å². The van der Waals surface area contributed by atoms with Crippen LogP contribution in [0.5, 0.6) is 0 Å². The fourth-order valence-corrected chi connectivity index (χ4v) is 3.26. The van der Waals surface area contributed by atoms with Crippen LogP contribution in [0.25, 0.3) is 0 Å². The average Bonchev–Trinajstić information content (AvgIpc) is 2.88. The molecular weight excluding hydrogens is 355 g/mol. The Morgan fingerprint density at radius 2 is 1.67 bits per heavy atom. The molecule has 1 saturated heterocycles. The van der Waals surface area contributed by atoms with E-state index in [0.717, 1.165) is 24.6 Å². The van der Waals surface area contributed by atoms with E-state index in [9.17, 15) is 24.6 Å². The quantitative estimate of drug-likeness (QED) is 0.589. The Kier molecular flexibility index (Phi) is 5.60. The number of halogens is 1. The van der Waals surface area contributed by atoms with Crippen molar-refractivity contribution in [3.63, 3.8) is 0 Å². The van der Waals surface area contributed by atoms with Gasteiger partial charge in [0.05, 0.1) is 15.9 Å². The normalized spacial score (nSPS) is 15.4. The third-order valence-corrected chi connectivity index (χ3v) is 4.62. The van der Waals surface area contributed by atoms with Gasteiger partial charge in [-0.3, -0.25) is 25.1 Å². The minimum Gasteiger partial charge on any atom is -0.365 e. The molecule has 0 atom stereocenters. The first-order chi connectivity index (χ1) is 12.9. The maximum Gasteiger partial charge on any atom is 0.299 e. The highest BCUT2D eigenvalue weighted by atomic mass is 19.1. The van der Waals surface area contributed by atoms with Crippen molar-refractivity contribution in [1.82, 2.24) is 4.90 Å². The van der Waals surface area contributed by atoms with E-state index in [4.69, 9.17) is 0 Å². The summed E-state index contributed by atoms with van der Waals surface area (Å²) < 4.78 is 13.0. The molecule has 0 bridgehead atoms. The van der Waals surface area contributed by atoms with Gasteiger partial charge in [0.1, 0.15) is 11.5 Å². The zero-order valence-corrected chi connectivity index (χ0v) is 14.6. The van der Waals surface area contributed by atoms with Crippen molar-refractivity contribution in [3.8, 4) is 0 Å². The van der Waals surface area contributed by atoms with Crippen molar-refractivity contribution in [1.29, 1.82) is 0 Å². The van der Waals surface area contributed by atoms with Crippen molar-refractivity contribution >= 4 is 17.1 Å². The van der Waals surface area contributed by atoms with E-state index in [1.54, 1.807) is 12.1 Å². The minimum absolute atomic E-state index is 0.254. The number of hydrogen-bond acceptors (Lipinski definition) is 6. The van der Waals surface area contributed by atoms with Crippen molar-refractivity contribution in [2.75, 3.05) is 31.1 Å². The summed E-state index contributed by atoms with van der Waals surface area (Å²) in [5.41, 5.74) is 0.856. The van der Waals surface area contributed by atoms with Gasteiger partial charge in [0.25, 0.3) is 11.4 Å². The van der Waals surface area contributed by atoms with E-state index >= 15 is 0 Å². The van der Waals surface area contributed by atoms with E-state index in [2.05, 4.69) is 4.90 Å². The van der Waals surface area contributed by atoms with Gasteiger partial charge in [0.15, 0.2) is 0 Å². The molecule has 142 valence electrons. The van der Waals surface area contributed by atoms with Crippen LogP contribution in [-0.2, 0) is 6.54 Å². The highest BCUT2D eigenvalue weighted by molar-refractivity contribution is 5.66. The molecule has 1 aliphatic heterocycles. The molecule has 0 N–H and O–H groups in total. The molecule has 3 rings (SSSR count). The lowest BCUT2D eigenvalue weighted by atomic mass is 10.2.